The van der Waals surface area contributed by atoms with Crippen molar-refractivity contribution in [3.63, 3.8) is 0 Å². The Labute approximate surface area is 122 Å². The van der Waals surface area contributed by atoms with Gasteiger partial charge in [0, 0.05) is 17.3 Å². The molecule has 0 saturated heterocycles. The van der Waals surface area contributed by atoms with Gasteiger partial charge >= 0.3 is 0 Å². The van der Waals surface area contributed by atoms with E-state index in [9.17, 15) is 8.42 Å². The van der Waals surface area contributed by atoms with Crippen LogP contribution in [-0.4, -0.2) is 18.2 Å². The third-order valence-electron chi connectivity index (χ3n) is 2.64. The summed E-state index contributed by atoms with van der Waals surface area (Å²) in [7, 11) is -3.76. The van der Waals surface area contributed by atoms with Gasteiger partial charge in [-0.2, -0.15) is 5.10 Å². The number of halogens is 1. The SMILES string of the molecule is CC(C)n1cc(NS(=O)(=O)c2ccc(Cl)cc2N)cn1. The number of aromatic nitrogens is 2. The molecule has 0 unspecified atom stereocenters. The number of nitrogens with zero attached hydrogens (tertiary/aromatic N) is 2. The number of nitrogen functional groups attached to an aromatic ring is 1. The number of benzene rings is 1. The van der Waals surface area contributed by atoms with E-state index in [1.54, 1.807) is 10.9 Å². The number of sulfonamides is 1. The molecule has 0 saturated carbocycles. The largest absolute Gasteiger partial charge is 0.398 e. The van der Waals surface area contributed by atoms with Crippen LogP contribution < -0.4 is 10.5 Å². The maximum atomic E-state index is 12.2. The lowest BCUT2D eigenvalue weighted by Crippen LogP contribution is -2.14. The van der Waals surface area contributed by atoms with Gasteiger partial charge in [-0.1, -0.05) is 11.6 Å². The Morgan fingerprint density at radius 3 is 2.65 bits per heavy atom. The molecule has 0 aliphatic heterocycles. The molecule has 6 nitrogen and oxygen atoms in total. The molecule has 1 aromatic carbocycles. The molecule has 0 bridgehead atoms. The molecular weight excluding hydrogens is 300 g/mol. The summed E-state index contributed by atoms with van der Waals surface area (Å²) in [6.45, 7) is 3.89. The van der Waals surface area contributed by atoms with Crippen LogP contribution >= 0.6 is 11.6 Å². The lowest BCUT2D eigenvalue weighted by Gasteiger charge is -2.09. The second kappa shape index (κ2) is 5.34. The molecule has 108 valence electrons. The first-order chi connectivity index (χ1) is 9.29. The van der Waals surface area contributed by atoms with E-state index < -0.39 is 10.0 Å². The summed E-state index contributed by atoms with van der Waals surface area (Å²) in [6.07, 6.45) is 3.07. The smallest absolute Gasteiger partial charge is 0.264 e. The average Bonchev–Trinajstić information content (AvgIpc) is 2.76. The Kier molecular flexibility index (Phi) is 3.92. The normalized spacial score (nSPS) is 11.8. The molecule has 1 heterocycles. The van der Waals surface area contributed by atoms with Gasteiger partial charge in [0.25, 0.3) is 10.0 Å². The number of hydrogen-bond acceptors (Lipinski definition) is 4. The van der Waals surface area contributed by atoms with E-state index in [0.717, 1.165) is 0 Å². The Balaban J connectivity index is 2.30. The summed E-state index contributed by atoms with van der Waals surface area (Å²) in [6, 6.07) is 4.39. The van der Waals surface area contributed by atoms with Gasteiger partial charge in [0.1, 0.15) is 4.90 Å². The Hall–Kier alpha value is -1.73. The number of hydrogen-bond donors (Lipinski definition) is 2. The Bertz CT molecular complexity index is 725. The maximum Gasteiger partial charge on any atom is 0.264 e. The minimum atomic E-state index is -3.76. The van der Waals surface area contributed by atoms with Crippen LogP contribution in [0, 0.1) is 0 Å². The van der Waals surface area contributed by atoms with Crippen molar-refractivity contribution in [3.8, 4) is 0 Å². The Morgan fingerprint density at radius 2 is 2.10 bits per heavy atom. The molecule has 2 rings (SSSR count). The van der Waals surface area contributed by atoms with Crippen molar-refractivity contribution in [1.29, 1.82) is 0 Å². The number of nitrogens with two attached hydrogens (primary N) is 1. The lowest BCUT2D eigenvalue weighted by molar-refractivity contribution is 0.532. The highest BCUT2D eigenvalue weighted by Crippen LogP contribution is 2.24. The molecular formula is C12H15ClN4O2S. The fourth-order valence-electron chi connectivity index (χ4n) is 1.65. The van der Waals surface area contributed by atoms with E-state index in [0.29, 0.717) is 10.7 Å². The van der Waals surface area contributed by atoms with Gasteiger partial charge in [-0.15, -0.1) is 0 Å². The van der Waals surface area contributed by atoms with E-state index >= 15 is 0 Å². The molecule has 0 fully saturated rings. The van der Waals surface area contributed by atoms with E-state index in [4.69, 9.17) is 17.3 Å². The van der Waals surface area contributed by atoms with Gasteiger partial charge in [-0.3, -0.25) is 9.40 Å². The molecule has 8 heteroatoms. The van der Waals surface area contributed by atoms with Crippen molar-refractivity contribution in [1.82, 2.24) is 9.78 Å². The second-order valence-electron chi connectivity index (χ2n) is 4.59. The zero-order valence-corrected chi connectivity index (χ0v) is 12.6. The van der Waals surface area contributed by atoms with Crippen LogP contribution in [0.1, 0.15) is 19.9 Å². The zero-order chi connectivity index (χ0) is 14.9. The molecule has 20 heavy (non-hydrogen) atoms. The maximum absolute atomic E-state index is 12.2. The topological polar surface area (TPSA) is 90.0 Å². The highest BCUT2D eigenvalue weighted by molar-refractivity contribution is 7.92. The summed E-state index contributed by atoms with van der Waals surface area (Å²) in [4.78, 5) is -0.0146. The minimum Gasteiger partial charge on any atom is -0.398 e. The van der Waals surface area contributed by atoms with Crippen molar-refractivity contribution < 1.29 is 8.42 Å². The quantitative estimate of drug-likeness (QED) is 0.848. The molecule has 0 amide bonds. The summed E-state index contributed by atoms with van der Waals surface area (Å²) in [5, 5.41) is 4.45. The zero-order valence-electron chi connectivity index (χ0n) is 11.0. The highest BCUT2D eigenvalue weighted by Gasteiger charge is 2.18. The van der Waals surface area contributed by atoms with Crippen molar-refractivity contribution in [2.45, 2.75) is 24.8 Å². The van der Waals surface area contributed by atoms with Gasteiger partial charge in [0.15, 0.2) is 0 Å². The van der Waals surface area contributed by atoms with Gasteiger partial charge in [-0.05, 0) is 32.0 Å². The van der Waals surface area contributed by atoms with Gasteiger partial charge in [0.05, 0.1) is 17.6 Å². The molecule has 0 radical (unpaired) electrons. The van der Waals surface area contributed by atoms with E-state index in [1.165, 1.54) is 24.4 Å². The predicted molar refractivity (Wildman–Crippen MR) is 79.3 cm³/mol. The summed E-state index contributed by atoms with van der Waals surface area (Å²) in [5.74, 6) is 0. The molecule has 3 N–H and O–H groups in total. The van der Waals surface area contributed by atoms with Crippen LogP contribution in [0.25, 0.3) is 0 Å². The van der Waals surface area contributed by atoms with Crippen LogP contribution in [0.2, 0.25) is 5.02 Å². The van der Waals surface area contributed by atoms with E-state index in [-0.39, 0.29) is 16.6 Å². The van der Waals surface area contributed by atoms with Crippen LogP contribution in [0.15, 0.2) is 35.5 Å². The van der Waals surface area contributed by atoms with Gasteiger partial charge in [-0.25, -0.2) is 8.42 Å². The highest BCUT2D eigenvalue weighted by atomic mass is 35.5. The van der Waals surface area contributed by atoms with Crippen molar-refractivity contribution >= 4 is 33.0 Å². The van der Waals surface area contributed by atoms with E-state index in [2.05, 4.69) is 9.82 Å². The fourth-order valence-corrected chi connectivity index (χ4v) is 2.97. The molecule has 0 aliphatic rings. The first-order valence-electron chi connectivity index (χ1n) is 5.91. The first-order valence-corrected chi connectivity index (χ1v) is 7.78. The lowest BCUT2D eigenvalue weighted by atomic mass is 10.3. The summed E-state index contributed by atoms with van der Waals surface area (Å²) < 4.78 is 28.6. The molecule has 0 aliphatic carbocycles. The van der Waals surface area contributed by atoms with Gasteiger partial charge < -0.3 is 5.73 Å². The monoisotopic (exact) mass is 314 g/mol. The molecule has 0 spiro atoms. The van der Waals surface area contributed by atoms with E-state index in [1.807, 2.05) is 13.8 Å². The van der Waals surface area contributed by atoms with Crippen LogP contribution in [0.5, 0.6) is 0 Å². The second-order valence-corrected chi connectivity index (χ2v) is 6.68. The Morgan fingerprint density at radius 1 is 1.40 bits per heavy atom. The summed E-state index contributed by atoms with van der Waals surface area (Å²) >= 11 is 5.76. The van der Waals surface area contributed by atoms with Gasteiger partial charge in [0.2, 0.25) is 0 Å². The number of nitrogens with one attached hydrogen (secondary N) is 1. The standard InChI is InChI=1S/C12H15ClN4O2S/c1-8(2)17-7-10(6-15-17)16-20(18,19)12-4-3-9(13)5-11(12)14/h3-8,16H,14H2,1-2H3. The van der Waals surface area contributed by atoms with Crippen molar-refractivity contribution in [2.75, 3.05) is 10.5 Å². The molecule has 1 aromatic heterocycles. The molecule has 0 atom stereocenters. The van der Waals surface area contributed by atoms with Crippen molar-refractivity contribution in [2.24, 2.45) is 0 Å². The van der Waals surface area contributed by atoms with Crippen LogP contribution in [0.4, 0.5) is 11.4 Å². The van der Waals surface area contributed by atoms with Crippen LogP contribution in [0.3, 0.4) is 0 Å². The number of rotatable bonds is 4. The van der Waals surface area contributed by atoms with Crippen molar-refractivity contribution in [3.05, 3.63) is 35.6 Å². The first kappa shape index (κ1) is 14.7. The average molecular weight is 315 g/mol. The predicted octanol–water partition coefficient (Wildman–Crippen LogP) is 2.50. The molecule has 2 aromatic rings. The fraction of sp³-hybridized carbons (Fsp3) is 0.250. The third kappa shape index (κ3) is 3.05. The third-order valence-corrected chi connectivity index (χ3v) is 4.33. The van der Waals surface area contributed by atoms with Crippen LogP contribution in [-0.2, 0) is 10.0 Å². The summed E-state index contributed by atoms with van der Waals surface area (Å²) in [5.41, 5.74) is 6.17. The minimum absolute atomic E-state index is 0.0146. The number of anilines is 2.